The molecule has 3 rings (SSSR count). The van der Waals surface area contributed by atoms with Crippen LogP contribution in [-0.4, -0.2) is 43.5 Å². The second-order valence-electron chi connectivity index (χ2n) is 6.72. The van der Waals surface area contributed by atoms with Gasteiger partial charge in [0.2, 0.25) is 17.4 Å². The highest BCUT2D eigenvalue weighted by Gasteiger charge is 2.26. The summed E-state index contributed by atoms with van der Waals surface area (Å²) < 4.78 is 67.9. The quantitative estimate of drug-likeness (QED) is 0.316. The van der Waals surface area contributed by atoms with Crippen LogP contribution in [0.25, 0.3) is 6.08 Å². The van der Waals surface area contributed by atoms with Crippen LogP contribution in [0.4, 0.5) is 17.6 Å². The molecule has 0 N–H and O–H groups in total. The minimum Gasteiger partial charge on any atom is -0.451 e. The van der Waals surface area contributed by atoms with Crippen molar-refractivity contribution in [3.63, 3.8) is 0 Å². The lowest BCUT2D eigenvalue weighted by Gasteiger charge is -2.25. The number of carbonyl (C=O) groups is 1. The van der Waals surface area contributed by atoms with Crippen molar-refractivity contribution in [3.8, 4) is 11.5 Å². The van der Waals surface area contributed by atoms with Crippen molar-refractivity contribution in [2.75, 3.05) is 32.8 Å². The summed E-state index contributed by atoms with van der Waals surface area (Å²) in [4.78, 5) is 13.6. The van der Waals surface area contributed by atoms with Crippen molar-refractivity contribution in [3.05, 3.63) is 64.7 Å². The van der Waals surface area contributed by atoms with Gasteiger partial charge in [-0.25, -0.2) is 8.78 Å². The average Bonchev–Trinajstić information content (AvgIpc) is 2.78. The molecule has 0 radical (unpaired) electrons. The molecule has 0 aromatic heterocycles. The Bertz CT molecular complexity index is 916. The number of hydrogen-bond acceptors (Lipinski definition) is 4. The summed E-state index contributed by atoms with van der Waals surface area (Å²) in [5.41, 5.74) is -0.418. The van der Waals surface area contributed by atoms with E-state index in [0.717, 1.165) is 6.08 Å². The van der Waals surface area contributed by atoms with Crippen LogP contribution in [0.15, 0.2) is 30.3 Å². The van der Waals surface area contributed by atoms with Crippen molar-refractivity contribution in [2.45, 2.75) is 13.3 Å². The number of ketones is 1. The van der Waals surface area contributed by atoms with E-state index in [1.54, 1.807) is 6.92 Å². The minimum absolute atomic E-state index is 0. The van der Waals surface area contributed by atoms with E-state index >= 15 is 0 Å². The summed E-state index contributed by atoms with van der Waals surface area (Å²) in [6.07, 6.45) is 2.75. The zero-order valence-corrected chi connectivity index (χ0v) is 17.6. The molecular formula is C22H22ClF4NO3. The third-order valence-corrected chi connectivity index (χ3v) is 4.73. The van der Waals surface area contributed by atoms with E-state index in [4.69, 9.17) is 9.47 Å². The van der Waals surface area contributed by atoms with Crippen LogP contribution in [0.3, 0.4) is 0 Å². The van der Waals surface area contributed by atoms with Gasteiger partial charge in [0.25, 0.3) is 0 Å². The van der Waals surface area contributed by atoms with Gasteiger partial charge in [0.05, 0.1) is 18.8 Å². The molecule has 0 aliphatic carbocycles. The lowest BCUT2D eigenvalue weighted by atomic mass is 10.1. The molecule has 1 fully saturated rings. The van der Waals surface area contributed by atoms with Crippen molar-refractivity contribution < 1.29 is 31.8 Å². The maximum Gasteiger partial charge on any atom is 0.205 e. The van der Waals surface area contributed by atoms with Gasteiger partial charge in [0.1, 0.15) is 5.75 Å². The smallest absolute Gasteiger partial charge is 0.205 e. The fraction of sp³-hybridized carbons (Fsp3) is 0.318. The SMILES string of the molecule is CCC(=O)c1ccc(Oc2c(F)c(F)c(/C=C/CN3CCOCC3)c(F)c2F)cc1.Cl. The van der Waals surface area contributed by atoms with Crippen LogP contribution in [0.5, 0.6) is 11.5 Å². The fourth-order valence-corrected chi connectivity index (χ4v) is 3.00. The van der Waals surface area contributed by atoms with Gasteiger partial charge in [0.15, 0.2) is 17.4 Å². The zero-order chi connectivity index (χ0) is 21.7. The second kappa shape index (κ2) is 11.3. The Labute approximate surface area is 183 Å². The summed E-state index contributed by atoms with van der Waals surface area (Å²) >= 11 is 0. The minimum atomic E-state index is -1.63. The fourth-order valence-electron chi connectivity index (χ4n) is 3.00. The first-order valence-electron chi connectivity index (χ1n) is 9.56. The highest BCUT2D eigenvalue weighted by Crippen LogP contribution is 2.34. The number of carbonyl (C=O) groups excluding carboxylic acids is 1. The molecule has 0 spiro atoms. The average molecular weight is 460 g/mol. The molecule has 0 unspecified atom stereocenters. The third-order valence-electron chi connectivity index (χ3n) is 4.73. The van der Waals surface area contributed by atoms with E-state index in [0.29, 0.717) is 44.8 Å². The van der Waals surface area contributed by atoms with Crippen LogP contribution in [0.1, 0.15) is 29.3 Å². The lowest BCUT2D eigenvalue weighted by molar-refractivity contribution is 0.0435. The normalized spacial score (nSPS) is 14.5. The van der Waals surface area contributed by atoms with Crippen molar-refractivity contribution in [1.82, 2.24) is 4.90 Å². The van der Waals surface area contributed by atoms with Gasteiger partial charge < -0.3 is 9.47 Å². The van der Waals surface area contributed by atoms with Gasteiger partial charge in [-0.1, -0.05) is 19.1 Å². The van der Waals surface area contributed by atoms with Gasteiger partial charge in [0, 0.05) is 31.6 Å². The molecule has 2 aromatic carbocycles. The first kappa shape index (κ1) is 24.8. The molecule has 168 valence electrons. The zero-order valence-electron chi connectivity index (χ0n) is 16.8. The number of ether oxygens (including phenoxy) is 2. The first-order chi connectivity index (χ1) is 14.4. The number of nitrogens with zero attached hydrogens (tertiary/aromatic N) is 1. The van der Waals surface area contributed by atoms with Crippen LogP contribution in [0.2, 0.25) is 0 Å². The van der Waals surface area contributed by atoms with Gasteiger partial charge in [-0.3, -0.25) is 9.69 Å². The van der Waals surface area contributed by atoms with Crippen LogP contribution in [0, 0.1) is 23.3 Å². The molecule has 1 aliphatic rings. The van der Waals surface area contributed by atoms with Crippen LogP contribution in [-0.2, 0) is 4.74 Å². The Morgan fingerprint density at radius 1 is 1.03 bits per heavy atom. The van der Waals surface area contributed by atoms with Crippen molar-refractivity contribution >= 4 is 24.3 Å². The maximum atomic E-state index is 14.4. The van der Waals surface area contributed by atoms with E-state index in [2.05, 4.69) is 0 Å². The summed E-state index contributed by atoms with van der Waals surface area (Å²) in [6, 6.07) is 5.42. The molecule has 0 saturated carbocycles. The van der Waals surface area contributed by atoms with E-state index in [-0.39, 0.29) is 23.9 Å². The van der Waals surface area contributed by atoms with Crippen molar-refractivity contribution in [2.24, 2.45) is 0 Å². The van der Waals surface area contributed by atoms with E-state index in [1.165, 1.54) is 30.3 Å². The molecule has 0 bridgehead atoms. The van der Waals surface area contributed by atoms with Gasteiger partial charge in [-0.15, -0.1) is 12.4 Å². The Kier molecular flexibility index (Phi) is 9.03. The van der Waals surface area contributed by atoms with Gasteiger partial charge >= 0.3 is 0 Å². The molecule has 2 aromatic rings. The number of Topliss-reactive ketones (excluding diaryl/α,β-unsaturated/α-hetero) is 1. The second-order valence-corrected chi connectivity index (χ2v) is 6.72. The third kappa shape index (κ3) is 5.84. The van der Waals surface area contributed by atoms with Gasteiger partial charge in [-0.05, 0) is 24.3 Å². The Morgan fingerprint density at radius 2 is 1.61 bits per heavy atom. The molecule has 4 nitrogen and oxygen atoms in total. The molecule has 1 saturated heterocycles. The van der Waals surface area contributed by atoms with E-state index in [9.17, 15) is 22.4 Å². The molecule has 1 heterocycles. The summed E-state index contributed by atoms with van der Waals surface area (Å²) in [5.74, 6) is -7.70. The molecule has 0 atom stereocenters. The maximum absolute atomic E-state index is 14.4. The molecule has 9 heteroatoms. The van der Waals surface area contributed by atoms with Crippen LogP contribution < -0.4 is 4.74 Å². The topological polar surface area (TPSA) is 38.8 Å². The molecule has 1 aliphatic heterocycles. The lowest BCUT2D eigenvalue weighted by Crippen LogP contribution is -2.36. The molecular weight excluding hydrogens is 438 g/mol. The number of hydrogen-bond donors (Lipinski definition) is 0. The highest BCUT2D eigenvalue weighted by molar-refractivity contribution is 5.95. The summed E-state index contributed by atoms with van der Waals surface area (Å²) in [6.45, 7) is 4.49. The van der Waals surface area contributed by atoms with E-state index in [1.807, 2.05) is 4.90 Å². The monoisotopic (exact) mass is 459 g/mol. The number of halogens is 5. The number of morpholine rings is 1. The predicted molar refractivity (Wildman–Crippen MR) is 111 cm³/mol. The standard InChI is InChI=1S/C22H21F4NO3.ClH/c1-2-17(28)14-5-7-15(8-6-14)30-22-20(25)18(23)16(19(24)21(22)26)4-3-9-27-10-12-29-13-11-27;/h3-8H,2,9-13H2,1H3;1H/b4-3+;. The Hall–Kier alpha value is -2.42. The summed E-state index contributed by atoms with van der Waals surface area (Å²) in [5, 5.41) is 0. The molecule has 31 heavy (non-hydrogen) atoms. The van der Waals surface area contributed by atoms with Crippen LogP contribution >= 0.6 is 12.4 Å². The van der Waals surface area contributed by atoms with Gasteiger partial charge in [-0.2, -0.15) is 8.78 Å². The predicted octanol–water partition coefficient (Wildman–Crippen LogP) is 5.40. The molecule has 0 amide bonds. The first-order valence-corrected chi connectivity index (χ1v) is 9.56. The largest absolute Gasteiger partial charge is 0.451 e. The Morgan fingerprint density at radius 3 is 2.16 bits per heavy atom. The highest BCUT2D eigenvalue weighted by atomic mass is 35.5. The van der Waals surface area contributed by atoms with Crippen molar-refractivity contribution in [1.29, 1.82) is 0 Å². The Balaban J connectivity index is 0.00000341. The summed E-state index contributed by atoms with van der Waals surface area (Å²) in [7, 11) is 0. The number of rotatable bonds is 7. The number of benzene rings is 2. The van der Waals surface area contributed by atoms with E-state index < -0.39 is 34.6 Å².